The Hall–Kier alpha value is -1.67. The van der Waals surface area contributed by atoms with Crippen molar-refractivity contribution in [2.75, 3.05) is 0 Å². The molecule has 5 nitrogen and oxygen atoms in total. The molecular weight excluding hydrogens is 387 g/mol. The van der Waals surface area contributed by atoms with E-state index in [9.17, 15) is 15.3 Å². The standard InChI is InChI=1S/C15H13IO5/c16-21-14-7-9-10(17)2-1-3-13(9)20-15(14)8-4-5-11(18)12(19)6-8/h1-6,14-15,17-19H,7H2/t14-,15-/m1/s1. The molecule has 2 atom stereocenters. The quantitative estimate of drug-likeness (QED) is 0.533. The monoisotopic (exact) mass is 400 g/mol. The predicted octanol–water partition coefficient (Wildman–Crippen LogP) is 3.21. The summed E-state index contributed by atoms with van der Waals surface area (Å²) < 4.78 is 11.3. The van der Waals surface area contributed by atoms with Gasteiger partial charge in [0.1, 0.15) is 40.6 Å². The first-order valence-electron chi connectivity index (χ1n) is 6.37. The van der Waals surface area contributed by atoms with Gasteiger partial charge in [0.25, 0.3) is 0 Å². The molecule has 1 heterocycles. The normalized spacial score (nSPS) is 20.6. The minimum absolute atomic E-state index is 0.179. The molecule has 6 heteroatoms. The summed E-state index contributed by atoms with van der Waals surface area (Å²) in [5.41, 5.74) is 1.40. The van der Waals surface area contributed by atoms with Gasteiger partial charge in [0.05, 0.1) is 0 Å². The molecule has 0 spiro atoms. The van der Waals surface area contributed by atoms with Gasteiger partial charge in [-0.25, -0.2) is 0 Å². The average molecular weight is 400 g/mol. The van der Waals surface area contributed by atoms with Crippen LogP contribution in [0.5, 0.6) is 23.0 Å². The van der Waals surface area contributed by atoms with Crippen molar-refractivity contribution < 1.29 is 23.1 Å². The van der Waals surface area contributed by atoms with Crippen LogP contribution in [0.1, 0.15) is 17.2 Å². The van der Waals surface area contributed by atoms with Crippen molar-refractivity contribution in [1.82, 2.24) is 0 Å². The maximum absolute atomic E-state index is 9.90. The molecule has 0 fully saturated rings. The summed E-state index contributed by atoms with van der Waals surface area (Å²) >= 11 is 1.80. The minimum atomic E-state index is -0.428. The maximum atomic E-state index is 9.90. The summed E-state index contributed by atoms with van der Waals surface area (Å²) in [6, 6.07) is 9.65. The van der Waals surface area contributed by atoms with Gasteiger partial charge in [-0.3, -0.25) is 0 Å². The second kappa shape index (κ2) is 5.61. The van der Waals surface area contributed by atoms with Gasteiger partial charge in [-0.2, -0.15) is 0 Å². The molecule has 1 aliphatic rings. The van der Waals surface area contributed by atoms with E-state index in [0.717, 1.165) is 0 Å². The number of phenolic OH excluding ortho intramolecular Hbond substituents is 3. The van der Waals surface area contributed by atoms with E-state index in [1.165, 1.54) is 12.1 Å². The highest BCUT2D eigenvalue weighted by Crippen LogP contribution is 2.42. The molecule has 110 valence electrons. The lowest BCUT2D eigenvalue weighted by atomic mass is 9.94. The van der Waals surface area contributed by atoms with Crippen LogP contribution < -0.4 is 4.74 Å². The first-order valence-corrected chi connectivity index (χ1v) is 7.25. The number of phenols is 3. The third-order valence-corrected chi connectivity index (χ3v) is 4.20. The first kappa shape index (κ1) is 14.3. The largest absolute Gasteiger partial charge is 0.508 e. The highest BCUT2D eigenvalue weighted by molar-refractivity contribution is 14.1. The topological polar surface area (TPSA) is 79.2 Å². The number of halogens is 1. The van der Waals surface area contributed by atoms with Gasteiger partial charge in [0, 0.05) is 12.0 Å². The number of fused-ring (bicyclic) bond motifs is 1. The van der Waals surface area contributed by atoms with Gasteiger partial charge in [0.2, 0.25) is 0 Å². The second-order valence-electron chi connectivity index (χ2n) is 4.87. The van der Waals surface area contributed by atoms with Crippen LogP contribution >= 0.6 is 23.0 Å². The van der Waals surface area contributed by atoms with Crippen LogP contribution in [0.15, 0.2) is 36.4 Å². The zero-order valence-corrected chi connectivity index (χ0v) is 13.0. The highest BCUT2D eigenvalue weighted by atomic mass is 127. The van der Waals surface area contributed by atoms with Crippen molar-refractivity contribution in [2.45, 2.75) is 18.6 Å². The van der Waals surface area contributed by atoms with E-state index >= 15 is 0 Å². The van der Waals surface area contributed by atoms with E-state index in [1.807, 2.05) is 0 Å². The van der Waals surface area contributed by atoms with E-state index < -0.39 is 6.10 Å². The molecule has 0 unspecified atom stereocenters. The van der Waals surface area contributed by atoms with Gasteiger partial charge < -0.3 is 23.1 Å². The zero-order chi connectivity index (χ0) is 15.0. The molecule has 1 aliphatic heterocycles. The van der Waals surface area contributed by atoms with Crippen LogP contribution in [0, 0.1) is 0 Å². The van der Waals surface area contributed by atoms with E-state index in [0.29, 0.717) is 23.3 Å². The van der Waals surface area contributed by atoms with Gasteiger partial charge >= 0.3 is 0 Å². The first-order chi connectivity index (χ1) is 10.1. The van der Waals surface area contributed by atoms with E-state index in [4.69, 9.17) is 7.80 Å². The number of benzene rings is 2. The maximum Gasteiger partial charge on any atom is 0.157 e. The number of rotatable bonds is 2. The smallest absolute Gasteiger partial charge is 0.157 e. The lowest BCUT2D eigenvalue weighted by molar-refractivity contribution is 0.0641. The molecule has 0 amide bonds. The molecule has 0 radical (unpaired) electrons. The van der Waals surface area contributed by atoms with Crippen LogP contribution in [0.3, 0.4) is 0 Å². The molecule has 3 rings (SSSR count). The van der Waals surface area contributed by atoms with Crippen LogP contribution in [0.25, 0.3) is 0 Å². The number of ether oxygens (including phenoxy) is 1. The third kappa shape index (κ3) is 2.60. The molecule has 0 aromatic heterocycles. The minimum Gasteiger partial charge on any atom is -0.508 e. The lowest BCUT2D eigenvalue weighted by Crippen LogP contribution is -2.30. The van der Waals surface area contributed by atoms with Gasteiger partial charge in [-0.15, -0.1) is 0 Å². The molecule has 0 saturated heterocycles. The van der Waals surface area contributed by atoms with Crippen molar-refractivity contribution in [1.29, 1.82) is 0 Å². The Morgan fingerprint density at radius 1 is 1.05 bits per heavy atom. The van der Waals surface area contributed by atoms with Gasteiger partial charge in [-0.1, -0.05) is 12.1 Å². The van der Waals surface area contributed by atoms with E-state index in [1.54, 1.807) is 47.3 Å². The van der Waals surface area contributed by atoms with Gasteiger partial charge in [0.15, 0.2) is 17.6 Å². The Labute approximate surface area is 135 Å². The third-order valence-electron chi connectivity index (χ3n) is 3.55. The van der Waals surface area contributed by atoms with Crippen molar-refractivity contribution in [3.63, 3.8) is 0 Å². The summed E-state index contributed by atoms with van der Waals surface area (Å²) in [6.45, 7) is 0. The fourth-order valence-corrected chi connectivity index (χ4v) is 2.92. The Balaban J connectivity index is 2.00. The van der Waals surface area contributed by atoms with Crippen molar-refractivity contribution in [3.8, 4) is 23.0 Å². The molecule has 21 heavy (non-hydrogen) atoms. The van der Waals surface area contributed by atoms with Crippen molar-refractivity contribution >= 4 is 23.0 Å². The van der Waals surface area contributed by atoms with E-state index in [2.05, 4.69) is 0 Å². The summed E-state index contributed by atoms with van der Waals surface area (Å²) in [4.78, 5) is 0. The number of hydrogen-bond donors (Lipinski definition) is 3. The average Bonchev–Trinajstić information content (AvgIpc) is 2.49. The Morgan fingerprint density at radius 3 is 2.57 bits per heavy atom. The SMILES string of the molecule is Oc1ccc([C@H]2Oc3cccc(O)c3C[C@H]2OI)cc1O. The van der Waals surface area contributed by atoms with E-state index in [-0.39, 0.29) is 23.4 Å². The fourth-order valence-electron chi connectivity index (χ4n) is 2.47. The summed E-state index contributed by atoms with van der Waals surface area (Å²) in [6.07, 6.45) is -0.241. The highest BCUT2D eigenvalue weighted by Gasteiger charge is 2.33. The summed E-state index contributed by atoms with van der Waals surface area (Å²) in [5, 5.41) is 28.9. The Bertz CT molecular complexity index is 673. The number of hydrogen-bond acceptors (Lipinski definition) is 5. The molecule has 2 aromatic carbocycles. The molecule has 3 N–H and O–H groups in total. The molecule has 0 aliphatic carbocycles. The van der Waals surface area contributed by atoms with Crippen LogP contribution in [0.4, 0.5) is 0 Å². The van der Waals surface area contributed by atoms with Crippen molar-refractivity contribution in [3.05, 3.63) is 47.5 Å². The zero-order valence-electron chi connectivity index (χ0n) is 10.9. The summed E-state index contributed by atoms with van der Waals surface area (Å²) in [5.74, 6) is 0.389. The molecule has 0 saturated carbocycles. The van der Waals surface area contributed by atoms with Gasteiger partial charge in [-0.05, 0) is 29.8 Å². The predicted molar refractivity (Wildman–Crippen MR) is 83.8 cm³/mol. The lowest BCUT2D eigenvalue weighted by Gasteiger charge is -2.32. The Morgan fingerprint density at radius 2 is 1.86 bits per heavy atom. The molecule has 0 bridgehead atoms. The summed E-state index contributed by atoms with van der Waals surface area (Å²) in [7, 11) is 0. The molecule has 2 aromatic rings. The molecular formula is C15H13IO5. The Kier molecular flexibility index (Phi) is 3.81. The second-order valence-corrected chi connectivity index (χ2v) is 5.38. The van der Waals surface area contributed by atoms with Crippen LogP contribution in [-0.2, 0) is 9.49 Å². The fraction of sp³-hybridized carbons (Fsp3) is 0.200. The number of aromatic hydroxyl groups is 3. The van der Waals surface area contributed by atoms with Crippen LogP contribution in [0.2, 0.25) is 0 Å². The van der Waals surface area contributed by atoms with Crippen LogP contribution in [-0.4, -0.2) is 21.4 Å². The van der Waals surface area contributed by atoms with Crippen molar-refractivity contribution in [2.24, 2.45) is 0 Å².